The number of ether oxygens (including phenoxy) is 7. The first kappa shape index (κ1) is 45.4. The monoisotopic (exact) mass is 751 g/mol. The van der Waals surface area contributed by atoms with Crippen molar-refractivity contribution in [3.63, 3.8) is 0 Å². The normalized spacial score (nSPS) is 24.5. The molecule has 1 aliphatic carbocycles. The van der Waals surface area contributed by atoms with E-state index in [9.17, 15) is 0 Å². The van der Waals surface area contributed by atoms with Crippen LogP contribution in [-0.4, -0.2) is 90.0 Å². The van der Waals surface area contributed by atoms with E-state index < -0.39 is 0 Å². The molecule has 7 nitrogen and oxygen atoms in total. The van der Waals surface area contributed by atoms with E-state index in [1.54, 1.807) is 0 Å². The number of hydrogen-bond donors (Lipinski definition) is 0. The molecule has 0 bridgehead atoms. The van der Waals surface area contributed by atoms with E-state index in [-0.39, 0.29) is 22.0 Å². The molecule has 3 aliphatic heterocycles. The molecule has 0 aromatic rings. The summed E-state index contributed by atoms with van der Waals surface area (Å²) in [6, 6.07) is 0. The zero-order valence-electron chi connectivity index (χ0n) is 36.0. The van der Waals surface area contributed by atoms with E-state index in [1.807, 2.05) is 0 Å². The Balaban J connectivity index is 1.36. The topological polar surface area (TPSA) is 64.6 Å². The third-order valence-electron chi connectivity index (χ3n) is 14.3. The average molecular weight is 751 g/mol. The lowest BCUT2D eigenvalue weighted by molar-refractivity contribution is -0.165. The lowest BCUT2D eigenvalue weighted by atomic mass is 9.74. The van der Waals surface area contributed by atoms with Gasteiger partial charge in [-0.05, 0) is 90.9 Å². The summed E-state index contributed by atoms with van der Waals surface area (Å²) in [4.78, 5) is 0. The van der Waals surface area contributed by atoms with Gasteiger partial charge in [-0.1, -0.05) is 91.9 Å². The third kappa shape index (κ3) is 15.2. The Labute approximate surface area is 327 Å². The molecule has 0 aromatic carbocycles. The first-order chi connectivity index (χ1) is 25.5. The van der Waals surface area contributed by atoms with Crippen LogP contribution in [0.2, 0.25) is 0 Å². The van der Waals surface area contributed by atoms with Crippen LogP contribution in [0.4, 0.5) is 0 Å². The molecule has 1 saturated carbocycles. The molecule has 7 heteroatoms. The Bertz CT molecular complexity index is 944. The Hall–Kier alpha value is -0.280. The predicted molar refractivity (Wildman–Crippen MR) is 217 cm³/mol. The third-order valence-corrected chi connectivity index (χ3v) is 14.3. The van der Waals surface area contributed by atoms with E-state index in [1.165, 1.54) is 77.0 Å². The molecule has 2 unspecified atom stereocenters. The van der Waals surface area contributed by atoms with Gasteiger partial charge in [-0.3, -0.25) is 0 Å². The van der Waals surface area contributed by atoms with E-state index in [2.05, 4.69) is 48.5 Å². The summed E-state index contributed by atoms with van der Waals surface area (Å²) in [5.74, 6) is 1.10. The Morgan fingerprint density at radius 1 is 0.642 bits per heavy atom. The largest absolute Gasteiger partial charge is 0.380 e. The molecule has 0 aromatic heterocycles. The van der Waals surface area contributed by atoms with Gasteiger partial charge in [0.1, 0.15) is 0 Å². The summed E-state index contributed by atoms with van der Waals surface area (Å²) in [6.45, 7) is 24.9. The maximum Gasteiger partial charge on any atom is 0.0674 e. The molecule has 3 saturated heterocycles. The summed E-state index contributed by atoms with van der Waals surface area (Å²) in [5.41, 5.74) is 0.401. The van der Waals surface area contributed by atoms with Crippen LogP contribution in [0, 0.1) is 28.1 Å². The van der Waals surface area contributed by atoms with Gasteiger partial charge in [0.15, 0.2) is 0 Å². The summed E-state index contributed by atoms with van der Waals surface area (Å²) in [5, 5.41) is 0. The highest BCUT2D eigenvalue weighted by molar-refractivity contribution is 4.91. The quantitative estimate of drug-likeness (QED) is 0.0872. The molecule has 0 spiro atoms. The summed E-state index contributed by atoms with van der Waals surface area (Å²) < 4.78 is 43.8. The van der Waals surface area contributed by atoms with E-state index in [0.29, 0.717) is 30.7 Å². The van der Waals surface area contributed by atoms with E-state index in [4.69, 9.17) is 33.2 Å². The van der Waals surface area contributed by atoms with Crippen LogP contribution in [-0.2, 0) is 33.2 Å². The molecule has 4 fully saturated rings. The smallest absolute Gasteiger partial charge is 0.0674 e. The molecule has 312 valence electrons. The minimum absolute atomic E-state index is 0.170. The molecule has 0 radical (unpaired) electrons. The molecular formula is C46H86O7. The summed E-state index contributed by atoms with van der Waals surface area (Å²) in [6.07, 6.45) is 25.0. The SMILES string of the molecule is CCC1(CCOC(CCC(COCC2(CC)COC2)CO[C@@](C)(CC)CCOC(C)(C)CC2(CC)COC2)CC2CCCCCCCCCC2)COC1. The Morgan fingerprint density at radius 2 is 1.21 bits per heavy atom. The van der Waals surface area contributed by atoms with Crippen molar-refractivity contribution in [2.45, 2.75) is 194 Å². The van der Waals surface area contributed by atoms with Gasteiger partial charge in [-0.25, -0.2) is 0 Å². The van der Waals surface area contributed by atoms with Crippen molar-refractivity contribution in [1.29, 1.82) is 0 Å². The fourth-order valence-electron chi connectivity index (χ4n) is 9.15. The van der Waals surface area contributed by atoms with Gasteiger partial charge < -0.3 is 33.2 Å². The van der Waals surface area contributed by atoms with Gasteiger partial charge in [0.2, 0.25) is 0 Å². The molecule has 4 rings (SSSR count). The molecule has 3 heterocycles. The predicted octanol–water partition coefficient (Wildman–Crippen LogP) is 11.1. The van der Waals surface area contributed by atoms with Gasteiger partial charge in [0.05, 0.1) is 83.4 Å². The second kappa shape index (κ2) is 22.6. The average Bonchev–Trinajstić information content (AvgIpc) is 3.15. The first-order valence-corrected chi connectivity index (χ1v) is 22.7. The van der Waals surface area contributed by atoms with Gasteiger partial charge in [0, 0.05) is 28.8 Å². The van der Waals surface area contributed by atoms with Crippen molar-refractivity contribution in [1.82, 2.24) is 0 Å². The van der Waals surface area contributed by atoms with Crippen molar-refractivity contribution >= 4 is 0 Å². The molecule has 0 N–H and O–H groups in total. The molecule has 4 aliphatic rings. The van der Waals surface area contributed by atoms with E-state index in [0.717, 1.165) is 117 Å². The Morgan fingerprint density at radius 3 is 1.72 bits per heavy atom. The maximum atomic E-state index is 6.91. The highest BCUT2D eigenvalue weighted by Crippen LogP contribution is 2.41. The fourth-order valence-corrected chi connectivity index (χ4v) is 9.15. The highest BCUT2D eigenvalue weighted by Gasteiger charge is 2.42. The molecule has 3 atom stereocenters. The second-order valence-corrected chi connectivity index (χ2v) is 19.4. The zero-order chi connectivity index (χ0) is 38.1. The number of hydrogen-bond acceptors (Lipinski definition) is 7. The van der Waals surface area contributed by atoms with Gasteiger partial charge >= 0.3 is 0 Å². The zero-order valence-corrected chi connectivity index (χ0v) is 36.0. The van der Waals surface area contributed by atoms with Gasteiger partial charge in [0.25, 0.3) is 0 Å². The van der Waals surface area contributed by atoms with Crippen LogP contribution in [0.25, 0.3) is 0 Å². The van der Waals surface area contributed by atoms with Crippen molar-refractivity contribution in [3.8, 4) is 0 Å². The molecule has 53 heavy (non-hydrogen) atoms. The number of rotatable bonds is 26. The van der Waals surface area contributed by atoms with Crippen LogP contribution in [0.1, 0.15) is 177 Å². The summed E-state index contributed by atoms with van der Waals surface area (Å²) in [7, 11) is 0. The maximum absolute atomic E-state index is 6.91. The summed E-state index contributed by atoms with van der Waals surface area (Å²) >= 11 is 0. The van der Waals surface area contributed by atoms with Gasteiger partial charge in [-0.15, -0.1) is 0 Å². The minimum atomic E-state index is -0.229. The minimum Gasteiger partial charge on any atom is -0.380 e. The Kier molecular flexibility index (Phi) is 19.4. The van der Waals surface area contributed by atoms with Crippen molar-refractivity contribution in [2.24, 2.45) is 28.1 Å². The first-order valence-electron chi connectivity index (χ1n) is 22.7. The highest BCUT2D eigenvalue weighted by atomic mass is 16.5. The van der Waals surface area contributed by atoms with Crippen molar-refractivity contribution in [2.75, 3.05) is 72.7 Å². The lowest BCUT2D eigenvalue weighted by Crippen LogP contribution is -2.47. The lowest BCUT2D eigenvalue weighted by Gasteiger charge is -2.45. The van der Waals surface area contributed by atoms with Crippen LogP contribution in [0.3, 0.4) is 0 Å². The molecular weight excluding hydrogens is 664 g/mol. The van der Waals surface area contributed by atoms with Crippen molar-refractivity contribution in [3.05, 3.63) is 0 Å². The van der Waals surface area contributed by atoms with Crippen molar-refractivity contribution < 1.29 is 33.2 Å². The van der Waals surface area contributed by atoms with Crippen LogP contribution in [0.5, 0.6) is 0 Å². The second-order valence-electron chi connectivity index (χ2n) is 19.4. The van der Waals surface area contributed by atoms with Crippen LogP contribution >= 0.6 is 0 Å². The van der Waals surface area contributed by atoms with Crippen LogP contribution < -0.4 is 0 Å². The molecule has 0 amide bonds. The fraction of sp³-hybridized carbons (Fsp3) is 1.00. The van der Waals surface area contributed by atoms with Crippen LogP contribution in [0.15, 0.2) is 0 Å². The van der Waals surface area contributed by atoms with Gasteiger partial charge in [-0.2, -0.15) is 0 Å². The van der Waals surface area contributed by atoms with E-state index >= 15 is 0 Å². The standard InChI is InChI=1S/C46H86O7/c1-8-43(7,24-27-52-42(5,6)31-45(10-3)34-49-35-45)53-30-40(29-47-36-46(11-4)37-50-38-46)22-23-41(51-26-25-44(9-2)32-48-33-44)28-39-20-18-16-14-12-13-15-17-19-21-39/h39-41H,8-38H2,1-7H3/t40?,41?,43-/m0/s1.